The molecule has 0 aromatic heterocycles. The molecule has 0 rings (SSSR count). The van der Waals surface area contributed by atoms with E-state index in [1.807, 2.05) is 33.3 Å². The van der Waals surface area contributed by atoms with Gasteiger partial charge in [-0.3, -0.25) is 18.6 Å². The first-order chi connectivity index (χ1) is 32.9. The quantitative estimate of drug-likeness (QED) is 0.0205. The van der Waals surface area contributed by atoms with E-state index < -0.39 is 20.0 Å². The van der Waals surface area contributed by atoms with Gasteiger partial charge >= 0.3 is 13.8 Å². The zero-order valence-electron chi connectivity index (χ0n) is 44.8. The van der Waals surface area contributed by atoms with Crippen LogP contribution in [0.4, 0.5) is 0 Å². The van der Waals surface area contributed by atoms with Crippen molar-refractivity contribution in [3.05, 3.63) is 72.9 Å². The first kappa shape index (κ1) is 65.5. The molecule has 3 atom stereocenters. The second-order valence-electron chi connectivity index (χ2n) is 19.7. The summed E-state index contributed by atoms with van der Waals surface area (Å²) in [6.07, 6.45) is 60.5. The van der Waals surface area contributed by atoms with Crippen LogP contribution in [0.3, 0.4) is 0 Å². The minimum Gasteiger partial charge on any atom is -0.456 e. The SMILES string of the molecule is CCCCC/C=C\C/C=C\C/C=C\C/C=C\CCCC(=O)NC(COP(=O)(O)OCC[N+](C)(C)C)C(/C=C/CCCCCCCCCCC)OC(=O)CCCCC/C=C\CCCCCCCCC. The highest BCUT2D eigenvalue weighted by atomic mass is 31.2. The number of hydrogen-bond donors (Lipinski definition) is 2. The maximum Gasteiger partial charge on any atom is 0.472 e. The maximum absolute atomic E-state index is 13.4. The Labute approximate surface area is 419 Å². The number of amides is 1. The molecule has 0 aliphatic carbocycles. The molecule has 0 heterocycles. The predicted molar refractivity (Wildman–Crippen MR) is 291 cm³/mol. The number of allylic oxidation sites excluding steroid dienone is 11. The Morgan fingerprint density at radius 3 is 1.41 bits per heavy atom. The number of carbonyl (C=O) groups is 2. The summed E-state index contributed by atoms with van der Waals surface area (Å²) in [6, 6.07) is -0.883. The van der Waals surface area contributed by atoms with E-state index in [1.54, 1.807) is 0 Å². The Balaban J connectivity index is 5.48. The van der Waals surface area contributed by atoms with Crippen LogP contribution in [0.1, 0.15) is 233 Å². The van der Waals surface area contributed by atoms with Gasteiger partial charge in [0.05, 0.1) is 33.8 Å². The Bertz CT molecular complexity index is 1400. The average Bonchev–Trinajstić information content (AvgIpc) is 3.29. The molecule has 2 N–H and O–H groups in total. The molecule has 0 aromatic carbocycles. The minimum atomic E-state index is -4.46. The molecule has 0 aliphatic rings. The molecule has 0 radical (unpaired) electrons. The third-order valence-electron chi connectivity index (χ3n) is 11.9. The zero-order valence-corrected chi connectivity index (χ0v) is 45.7. The van der Waals surface area contributed by atoms with Gasteiger partial charge in [-0.1, -0.05) is 197 Å². The van der Waals surface area contributed by atoms with Gasteiger partial charge in [-0.25, -0.2) is 4.57 Å². The van der Waals surface area contributed by atoms with Crippen molar-refractivity contribution in [2.75, 3.05) is 40.9 Å². The third-order valence-corrected chi connectivity index (χ3v) is 12.9. The molecule has 0 aromatic rings. The fourth-order valence-electron chi connectivity index (χ4n) is 7.51. The summed E-state index contributed by atoms with van der Waals surface area (Å²) in [5.41, 5.74) is 0. The monoisotopic (exact) mass is 974 g/mol. The molecule has 0 saturated carbocycles. The van der Waals surface area contributed by atoms with Gasteiger partial charge < -0.3 is 19.4 Å². The molecule has 1 amide bonds. The molecule has 10 heteroatoms. The third kappa shape index (κ3) is 48.5. The van der Waals surface area contributed by atoms with Crippen molar-refractivity contribution in [3.63, 3.8) is 0 Å². The fourth-order valence-corrected chi connectivity index (χ4v) is 8.25. The van der Waals surface area contributed by atoms with Crippen molar-refractivity contribution >= 4 is 19.7 Å². The van der Waals surface area contributed by atoms with Gasteiger partial charge in [-0.15, -0.1) is 0 Å². The summed E-state index contributed by atoms with van der Waals surface area (Å²) in [6.45, 7) is 6.90. The van der Waals surface area contributed by atoms with Gasteiger partial charge in [0, 0.05) is 12.8 Å². The fraction of sp³-hybridized carbons (Fsp3) is 0.759. The van der Waals surface area contributed by atoms with Crippen molar-refractivity contribution in [2.24, 2.45) is 0 Å². The minimum absolute atomic E-state index is 0.0256. The summed E-state index contributed by atoms with van der Waals surface area (Å²) in [4.78, 5) is 37.5. The second kappa shape index (κ2) is 48.1. The Morgan fingerprint density at radius 2 is 0.912 bits per heavy atom. The highest BCUT2D eigenvalue weighted by Gasteiger charge is 2.30. The van der Waals surface area contributed by atoms with Gasteiger partial charge in [-0.2, -0.15) is 0 Å². The van der Waals surface area contributed by atoms with Gasteiger partial charge in [0.25, 0.3) is 0 Å². The van der Waals surface area contributed by atoms with Crippen molar-refractivity contribution in [1.82, 2.24) is 5.32 Å². The first-order valence-electron chi connectivity index (χ1n) is 27.8. The average molecular weight is 974 g/mol. The largest absolute Gasteiger partial charge is 0.472 e. The van der Waals surface area contributed by atoms with E-state index in [-0.39, 0.29) is 37.9 Å². The highest BCUT2D eigenvalue weighted by Crippen LogP contribution is 2.43. The summed E-state index contributed by atoms with van der Waals surface area (Å²) in [5, 5.41) is 3.00. The molecule has 0 saturated heterocycles. The van der Waals surface area contributed by atoms with Gasteiger partial charge in [0.2, 0.25) is 5.91 Å². The molecule has 0 bridgehead atoms. The first-order valence-corrected chi connectivity index (χ1v) is 29.3. The number of quaternary nitrogens is 1. The Kier molecular flexibility index (Phi) is 46.3. The van der Waals surface area contributed by atoms with Crippen LogP contribution in [0.2, 0.25) is 0 Å². The van der Waals surface area contributed by atoms with Crippen LogP contribution < -0.4 is 5.32 Å². The maximum atomic E-state index is 13.4. The lowest BCUT2D eigenvalue weighted by molar-refractivity contribution is -0.870. The molecule has 394 valence electrons. The number of esters is 1. The van der Waals surface area contributed by atoms with Gasteiger partial charge in [-0.05, 0) is 96.0 Å². The van der Waals surface area contributed by atoms with Crippen LogP contribution in [-0.4, -0.2) is 74.3 Å². The van der Waals surface area contributed by atoms with E-state index in [4.69, 9.17) is 13.8 Å². The normalized spacial score (nSPS) is 14.4. The highest BCUT2D eigenvalue weighted by molar-refractivity contribution is 7.47. The topological polar surface area (TPSA) is 111 Å². The van der Waals surface area contributed by atoms with Crippen molar-refractivity contribution in [2.45, 2.75) is 245 Å². The van der Waals surface area contributed by atoms with E-state index in [9.17, 15) is 19.0 Å². The number of likely N-dealkylation sites (N-methyl/N-ethyl adjacent to an activating group) is 1. The second-order valence-corrected chi connectivity index (χ2v) is 21.2. The van der Waals surface area contributed by atoms with Crippen LogP contribution >= 0.6 is 7.82 Å². The smallest absolute Gasteiger partial charge is 0.456 e. The molecule has 0 aliphatic heterocycles. The van der Waals surface area contributed by atoms with E-state index in [2.05, 4.69) is 86.8 Å². The molecule has 0 spiro atoms. The van der Waals surface area contributed by atoms with E-state index >= 15 is 0 Å². The number of nitrogens with one attached hydrogen (secondary N) is 1. The van der Waals surface area contributed by atoms with Crippen molar-refractivity contribution in [1.29, 1.82) is 0 Å². The predicted octanol–water partition coefficient (Wildman–Crippen LogP) is 16.5. The number of hydrogen-bond acceptors (Lipinski definition) is 6. The molecule has 68 heavy (non-hydrogen) atoms. The zero-order chi connectivity index (χ0) is 50.1. The number of nitrogens with zero attached hydrogens (tertiary/aromatic N) is 1. The Morgan fingerprint density at radius 1 is 0.515 bits per heavy atom. The Hall–Kier alpha value is -2.55. The van der Waals surface area contributed by atoms with Crippen molar-refractivity contribution in [3.8, 4) is 0 Å². The number of rotatable bonds is 49. The van der Waals surface area contributed by atoms with Crippen molar-refractivity contribution < 1.29 is 37.3 Å². The standard InChI is InChI=1S/C58H105N2O7P/c1-7-10-13-16-19-22-25-27-29-30-31-32-35-38-41-44-47-50-57(61)59-55(54-66-68(63,64)65-53-52-60(4,5)6)56(49-46-43-40-37-34-24-21-18-15-12-9-3)67-58(62)51-48-45-42-39-36-33-28-26-23-20-17-14-11-8-2/h19,22,27,29,31-33,36,38,41,46,49,55-56H,7-18,20-21,23-26,28,30,34-35,37,39-40,42-45,47-48,50-54H2,1-6H3,(H-,59,61,63,64)/p+1/b22-19-,29-27-,32-31-,36-33-,41-38-,49-46+. The summed E-state index contributed by atoms with van der Waals surface area (Å²) < 4.78 is 30.5. The van der Waals surface area contributed by atoms with Gasteiger partial charge in [0.15, 0.2) is 0 Å². The van der Waals surface area contributed by atoms with Crippen LogP contribution in [0.5, 0.6) is 0 Å². The summed E-state index contributed by atoms with van der Waals surface area (Å²) >= 11 is 0. The lowest BCUT2D eigenvalue weighted by Gasteiger charge is -2.27. The molecule has 0 fully saturated rings. The van der Waals surface area contributed by atoms with E-state index in [0.717, 1.165) is 70.6 Å². The number of phosphoric ester groups is 1. The van der Waals surface area contributed by atoms with Crippen LogP contribution in [-0.2, 0) is 27.9 Å². The van der Waals surface area contributed by atoms with Crippen LogP contribution in [0.15, 0.2) is 72.9 Å². The summed E-state index contributed by atoms with van der Waals surface area (Å²) in [5.74, 6) is -0.593. The molecule has 9 nitrogen and oxygen atoms in total. The number of phosphoric acid groups is 1. The lowest BCUT2D eigenvalue weighted by Crippen LogP contribution is -2.47. The molecular formula is C58H106N2O7P+. The van der Waals surface area contributed by atoms with E-state index in [0.29, 0.717) is 23.9 Å². The van der Waals surface area contributed by atoms with Crippen LogP contribution in [0.25, 0.3) is 0 Å². The summed E-state index contributed by atoms with van der Waals surface area (Å²) in [7, 11) is 1.45. The van der Waals surface area contributed by atoms with E-state index in [1.165, 1.54) is 116 Å². The number of carbonyl (C=O) groups excluding carboxylic acids is 2. The lowest BCUT2D eigenvalue weighted by atomic mass is 10.1. The molecule has 3 unspecified atom stereocenters. The van der Waals surface area contributed by atoms with Crippen LogP contribution in [0, 0.1) is 0 Å². The molecular weight excluding hydrogens is 868 g/mol. The van der Waals surface area contributed by atoms with Gasteiger partial charge in [0.1, 0.15) is 19.3 Å². The number of unbranched alkanes of at least 4 members (excludes halogenated alkanes) is 23. The number of ether oxygens (including phenoxy) is 1.